The number of halogens is 2. The molecule has 0 saturated carbocycles. The number of aromatic nitrogens is 8. The molecule has 2 fully saturated rings. The van der Waals surface area contributed by atoms with Gasteiger partial charge in [-0.05, 0) is 0 Å². The number of fused-ring (bicyclic) bond motifs is 2. The first-order valence-corrected chi connectivity index (χ1v) is 15.5. The number of aromatic amines is 1. The van der Waals surface area contributed by atoms with Gasteiger partial charge in [0.05, 0.1) is 25.9 Å². The number of phosphoric acid groups is 1. The molecule has 8 N–H and O–H groups in total. The Labute approximate surface area is 248 Å². The molecular formula is C20H24F2N10O11P2. The normalized spacial score (nSPS) is 30.7. The summed E-state index contributed by atoms with van der Waals surface area (Å²) in [6.07, 6.45) is -11.2. The van der Waals surface area contributed by atoms with E-state index in [1.807, 2.05) is 0 Å². The number of hydrogen-bond acceptors (Lipinski definition) is 16. The van der Waals surface area contributed by atoms with Crippen LogP contribution in [0.25, 0.3) is 22.3 Å². The maximum absolute atomic E-state index is 15.6. The summed E-state index contributed by atoms with van der Waals surface area (Å²) >= 11 is 0. The molecule has 4 aromatic rings. The summed E-state index contributed by atoms with van der Waals surface area (Å²) in [6.45, 7) is -1.68. The van der Waals surface area contributed by atoms with E-state index in [-0.39, 0.29) is 34.1 Å². The fraction of sp³-hybridized carbons (Fsp3) is 0.500. The van der Waals surface area contributed by atoms with Gasteiger partial charge in [-0.15, -0.1) is 0 Å². The van der Waals surface area contributed by atoms with Crippen molar-refractivity contribution in [2.75, 3.05) is 24.7 Å². The van der Waals surface area contributed by atoms with Crippen LogP contribution in [-0.4, -0.2) is 104 Å². The highest BCUT2D eigenvalue weighted by atomic mass is 31.2. The molecule has 6 rings (SSSR count). The van der Waals surface area contributed by atoms with E-state index in [2.05, 4.69) is 34.4 Å². The summed E-state index contributed by atoms with van der Waals surface area (Å²) < 4.78 is 82.7. The minimum Gasteiger partial charge on any atom is -0.387 e. The standard InChI is InChI=1S/C20H24F2N10O11P2/c21-8-6(1-39-44(35)36)41-19(32-5-28-11-16(32)29-20(24)30-17(11)34)13(8)43-45(37,38)40-2-7-12(33)9(22)18(42-7)31-4-27-10-14(23)25-3-26-15(10)31/h3-9,12-13,18-19,33,44H,1-2H2,(H,35,36)(H,37,38)(H2,23,25,26)(H3,24,29,30,34)/t6-,7-,8?,9?,12?,13?,18-,19-/m1/s1. The molecule has 0 aliphatic carbocycles. The van der Waals surface area contributed by atoms with Crippen molar-refractivity contribution in [1.82, 2.24) is 39.0 Å². The van der Waals surface area contributed by atoms with E-state index in [9.17, 15) is 23.9 Å². The Morgan fingerprint density at radius 3 is 2.44 bits per heavy atom. The van der Waals surface area contributed by atoms with Gasteiger partial charge < -0.3 is 40.4 Å². The number of nitrogen functional groups attached to an aromatic ring is 2. The van der Waals surface area contributed by atoms with Crippen molar-refractivity contribution in [2.24, 2.45) is 0 Å². The molecule has 21 nitrogen and oxygen atoms in total. The molecule has 6 heterocycles. The van der Waals surface area contributed by atoms with E-state index in [1.54, 1.807) is 0 Å². The van der Waals surface area contributed by atoms with Crippen molar-refractivity contribution in [2.45, 2.75) is 49.2 Å². The van der Waals surface area contributed by atoms with Crippen LogP contribution in [0.4, 0.5) is 20.5 Å². The van der Waals surface area contributed by atoms with Gasteiger partial charge in [0.25, 0.3) is 5.56 Å². The zero-order valence-electron chi connectivity index (χ0n) is 22.4. The van der Waals surface area contributed by atoms with Crippen LogP contribution in [0, 0.1) is 0 Å². The molecule has 0 radical (unpaired) electrons. The van der Waals surface area contributed by atoms with E-state index in [4.69, 9.17) is 34.9 Å². The van der Waals surface area contributed by atoms with Crippen LogP contribution in [0.2, 0.25) is 0 Å². The molecule has 45 heavy (non-hydrogen) atoms. The van der Waals surface area contributed by atoms with Gasteiger partial charge in [0, 0.05) is 0 Å². The van der Waals surface area contributed by atoms with Crippen molar-refractivity contribution in [3.8, 4) is 0 Å². The van der Waals surface area contributed by atoms with Gasteiger partial charge in [-0.1, -0.05) is 0 Å². The van der Waals surface area contributed by atoms with Crippen LogP contribution in [0.15, 0.2) is 23.8 Å². The predicted octanol–water partition coefficient (Wildman–Crippen LogP) is -1.14. The zero-order valence-corrected chi connectivity index (χ0v) is 24.3. The molecule has 244 valence electrons. The number of nitrogens with one attached hydrogen (secondary N) is 1. The summed E-state index contributed by atoms with van der Waals surface area (Å²) in [6, 6.07) is 0. The Morgan fingerprint density at radius 1 is 1.02 bits per heavy atom. The number of imidazole rings is 2. The minimum atomic E-state index is -5.27. The zero-order chi connectivity index (χ0) is 32.2. The molecular weight excluding hydrogens is 656 g/mol. The topological polar surface area (TPSA) is 300 Å². The Hall–Kier alpha value is -3.50. The molecule has 2 aliphatic heterocycles. The number of anilines is 2. The van der Waals surface area contributed by atoms with E-state index in [0.29, 0.717) is 0 Å². The van der Waals surface area contributed by atoms with Gasteiger partial charge in [0.2, 0.25) is 5.95 Å². The molecule has 0 bridgehead atoms. The second kappa shape index (κ2) is 12.0. The number of nitrogens with two attached hydrogens (primary N) is 2. The van der Waals surface area contributed by atoms with Gasteiger partial charge in [0.15, 0.2) is 47.4 Å². The van der Waals surface area contributed by atoms with Gasteiger partial charge in [-0.3, -0.25) is 32.5 Å². The maximum Gasteiger partial charge on any atom is 0.472 e. The quantitative estimate of drug-likeness (QED) is 0.108. The van der Waals surface area contributed by atoms with Gasteiger partial charge in [-0.2, -0.15) is 4.98 Å². The van der Waals surface area contributed by atoms with Crippen molar-refractivity contribution < 1.29 is 55.8 Å². The monoisotopic (exact) mass is 680 g/mol. The molecule has 6 unspecified atom stereocenters. The van der Waals surface area contributed by atoms with E-state index in [0.717, 1.165) is 28.1 Å². The number of nitrogens with zero attached hydrogens (tertiary/aromatic N) is 7. The molecule has 10 atom stereocenters. The average molecular weight is 680 g/mol. The van der Waals surface area contributed by atoms with E-state index < -0.39 is 84.1 Å². The summed E-state index contributed by atoms with van der Waals surface area (Å²) in [5, 5.41) is 10.5. The Bertz CT molecular complexity index is 1860. The lowest BCUT2D eigenvalue weighted by Gasteiger charge is -2.24. The molecule has 0 amide bonds. The molecule has 0 aromatic carbocycles. The van der Waals surface area contributed by atoms with Crippen LogP contribution >= 0.6 is 16.1 Å². The maximum atomic E-state index is 15.6. The third-order valence-corrected chi connectivity index (χ3v) is 8.37. The van der Waals surface area contributed by atoms with Crippen molar-refractivity contribution >= 4 is 50.2 Å². The molecule has 0 spiro atoms. The lowest BCUT2D eigenvalue weighted by molar-refractivity contribution is -0.0590. The van der Waals surface area contributed by atoms with Gasteiger partial charge >= 0.3 is 16.1 Å². The van der Waals surface area contributed by atoms with Crippen LogP contribution in [-0.2, 0) is 32.2 Å². The largest absolute Gasteiger partial charge is 0.472 e. The number of phosphoric ester groups is 1. The Morgan fingerprint density at radius 2 is 1.71 bits per heavy atom. The van der Waals surface area contributed by atoms with Crippen LogP contribution in [0.3, 0.4) is 0 Å². The highest BCUT2D eigenvalue weighted by Crippen LogP contribution is 2.51. The number of H-pyrrole nitrogens is 1. The molecule has 2 saturated heterocycles. The van der Waals surface area contributed by atoms with Gasteiger partial charge in [0.1, 0.15) is 36.3 Å². The third-order valence-electron chi connectivity index (χ3n) is 6.97. The third kappa shape index (κ3) is 5.94. The number of aliphatic hydroxyl groups excluding tert-OH is 1. The number of ether oxygens (including phenoxy) is 2. The SMILES string of the molecule is Nc1nc2c(ncn2[C@@H]2O[C@H](CO[PH](=O)O)C(F)C2OP(=O)(O)OC[C@H]2O[C@@H](n3cnc4c(N)ncnc43)C(F)C2O)c(=O)[nH]1. The number of rotatable bonds is 10. The highest BCUT2D eigenvalue weighted by molar-refractivity contribution is 7.47. The van der Waals surface area contributed by atoms with Crippen LogP contribution < -0.4 is 17.0 Å². The first-order valence-electron chi connectivity index (χ1n) is 12.8. The van der Waals surface area contributed by atoms with E-state index in [1.165, 1.54) is 0 Å². The smallest absolute Gasteiger partial charge is 0.387 e. The number of aliphatic hydroxyl groups is 1. The van der Waals surface area contributed by atoms with Crippen molar-refractivity contribution in [3.05, 3.63) is 29.3 Å². The fourth-order valence-electron chi connectivity index (χ4n) is 4.92. The van der Waals surface area contributed by atoms with Gasteiger partial charge in [-0.25, -0.2) is 33.3 Å². The predicted molar refractivity (Wildman–Crippen MR) is 144 cm³/mol. The average Bonchev–Trinajstić information content (AvgIpc) is 3.73. The second-order valence-electron chi connectivity index (χ2n) is 9.78. The fourth-order valence-corrected chi connectivity index (χ4v) is 6.15. The van der Waals surface area contributed by atoms with Crippen molar-refractivity contribution in [3.63, 3.8) is 0 Å². The lowest BCUT2D eigenvalue weighted by atomic mass is 10.1. The highest BCUT2D eigenvalue weighted by Gasteiger charge is 2.52. The van der Waals surface area contributed by atoms with E-state index >= 15 is 8.78 Å². The summed E-state index contributed by atoms with van der Waals surface area (Å²) in [4.78, 5) is 53.6. The Kier molecular flexibility index (Phi) is 8.41. The molecule has 2 aliphatic rings. The summed E-state index contributed by atoms with van der Waals surface area (Å²) in [5.41, 5.74) is 10.4. The molecule has 25 heteroatoms. The van der Waals surface area contributed by atoms with Crippen molar-refractivity contribution in [1.29, 1.82) is 0 Å². The summed E-state index contributed by atoms with van der Waals surface area (Å²) in [5.74, 6) is -0.323. The minimum absolute atomic E-state index is 0.0144. The first-order chi connectivity index (χ1) is 21.3. The number of alkyl halides is 2. The molecule has 4 aromatic heterocycles. The summed E-state index contributed by atoms with van der Waals surface area (Å²) in [7, 11) is -8.79. The lowest BCUT2D eigenvalue weighted by Crippen LogP contribution is -2.33. The number of hydrogen-bond donors (Lipinski definition) is 6. The first kappa shape index (κ1) is 31.5. The second-order valence-corrected chi connectivity index (χ2v) is 12.0. The van der Waals surface area contributed by atoms with Crippen LogP contribution in [0.5, 0.6) is 0 Å². The Balaban J connectivity index is 1.20. The van der Waals surface area contributed by atoms with Crippen LogP contribution in [0.1, 0.15) is 12.5 Å².